The van der Waals surface area contributed by atoms with E-state index in [1.165, 1.54) is 40.0 Å². The number of benzene rings is 3. The van der Waals surface area contributed by atoms with Crippen LogP contribution in [-0.2, 0) is 41.2 Å². The van der Waals surface area contributed by atoms with Crippen LogP contribution in [0.3, 0.4) is 0 Å². The second-order valence-electron chi connectivity index (χ2n) is 13.3. The predicted octanol–water partition coefficient (Wildman–Crippen LogP) is 4.96. The minimum atomic E-state index is -4.23. The molecular formula is C35H38ClN4O9S3+. The maximum atomic E-state index is 14.5. The second kappa shape index (κ2) is 13.6. The van der Waals surface area contributed by atoms with Gasteiger partial charge >= 0.3 is 6.09 Å². The molecule has 4 aromatic rings. The fraction of sp³-hybridized carbons (Fsp3) is 0.371. The van der Waals surface area contributed by atoms with E-state index in [2.05, 4.69) is 4.98 Å². The van der Waals surface area contributed by atoms with Crippen LogP contribution in [0.2, 0.25) is 5.02 Å². The van der Waals surface area contributed by atoms with E-state index in [0.717, 1.165) is 6.26 Å². The number of nitrogens with zero attached hydrogens (tertiary/aromatic N) is 4. The molecule has 276 valence electrons. The molecule has 3 aromatic carbocycles. The van der Waals surface area contributed by atoms with E-state index in [9.17, 15) is 30.0 Å². The van der Waals surface area contributed by atoms with Gasteiger partial charge in [0.25, 0.3) is 0 Å². The minimum Gasteiger partial charge on any atom is -0.491 e. The molecule has 2 saturated heterocycles. The van der Waals surface area contributed by atoms with Crippen LogP contribution in [0.1, 0.15) is 31.2 Å². The van der Waals surface area contributed by atoms with Crippen molar-refractivity contribution in [2.24, 2.45) is 0 Å². The number of hydrogen-bond acceptors (Lipinski definition) is 10. The number of rotatable bonds is 8. The maximum Gasteiger partial charge on any atom is 0.522 e. The Morgan fingerprint density at radius 3 is 1.96 bits per heavy atom. The molecule has 3 aliphatic rings. The number of quaternary nitrogens is 1. The molecule has 0 bridgehead atoms. The Morgan fingerprint density at radius 2 is 1.37 bits per heavy atom. The number of cyclic esters (lactones) is 1. The summed E-state index contributed by atoms with van der Waals surface area (Å²) < 4.78 is 95.1. The Bertz CT molecular complexity index is 2390. The molecule has 17 heteroatoms. The van der Waals surface area contributed by atoms with Crippen LogP contribution in [-0.4, -0.2) is 96.6 Å². The van der Waals surface area contributed by atoms with Gasteiger partial charge in [-0.3, -0.25) is 4.98 Å². The largest absolute Gasteiger partial charge is 0.522 e. The van der Waals surface area contributed by atoms with Gasteiger partial charge in [0.15, 0.2) is 21.3 Å². The van der Waals surface area contributed by atoms with E-state index in [-0.39, 0.29) is 77.6 Å². The monoisotopic (exact) mass is 789 g/mol. The molecule has 1 unspecified atom stereocenters. The average molecular weight is 790 g/mol. The second-order valence-corrected chi connectivity index (χ2v) is 19.5. The minimum absolute atomic E-state index is 0.000244. The normalized spacial score (nSPS) is 21.5. The molecule has 4 heterocycles. The lowest BCUT2D eigenvalue weighted by atomic mass is 9.90. The SMILES string of the molecule is COc1ccc(Cl)c2c1[N+](C1CCN(S(=O)(=O)c3ccccc3S(C)(=O)=O)CC1)(C1CCN(S(=O)(=O)c3cccc4cnccc34)CC1)C(=O)OC2. The highest BCUT2D eigenvalue weighted by molar-refractivity contribution is 7.93. The highest BCUT2D eigenvalue weighted by Crippen LogP contribution is 2.51. The van der Waals surface area contributed by atoms with E-state index in [1.54, 1.807) is 48.8 Å². The van der Waals surface area contributed by atoms with Crippen LogP contribution in [0.5, 0.6) is 5.75 Å². The lowest BCUT2D eigenvalue weighted by Crippen LogP contribution is -2.71. The first-order valence-electron chi connectivity index (χ1n) is 16.8. The average Bonchev–Trinajstić information content (AvgIpc) is 3.14. The molecule has 13 nitrogen and oxygen atoms in total. The number of sulfone groups is 1. The highest BCUT2D eigenvalue weighted by Gasteiger charge is 2.60. The molecule has 1 atom stereocenters. The third-order valence-electron chi connectivity index (χ3n) is 10.5. The number of aromatic nitrogens is 1. The van der Waals surface area contributed by atoms with Crippen LogP contribution in [0.15, 0.2) is 87.7 Å². The van der Waals surface area contributed by atoms with Crippen molar-refractivity contribution in [2.45, 2.75) is 59.1 Å². The van der Waals surface area contributed by atoms with Crippen molar-refractivity contribution < 1.29 is 39.5 Å². The van der Waals surface area contributed by atoms with Gasteiger partial charge in [-0.15, -0.1) is 0 Å². The molecular weight excluding hydrogens is 752 g/mol. The number of halogens is 1. The van der Waals surface area contributed by atoms with Gasteiger partial charge in [0.1, 0.15) is 23.6 Å². The first kappa shape index (κ1) is 36.7. The first-order valence-corrected chi connectivity index (χ1v) is 21.9. The molecule has 0 spiro atoms. The van der Waals surface area contributed by atoms with Crippen LogP contribution in [0.4, 0.5) is 10.5 Å². The summed E-state index contributed by atoms with van der Waals surface area (Å²) in [6.45, 7) is 0.160. The quantitative estimate of drug-likeness (QED) is 0.224. The zero-order valence-electron chi connectivity index (χ0n) is 28.5. The fourth-order valence-electron chi connectivity index (χ4n) is 8.14. The van der Waals surface area contributed by atoms with Crippen molar-refractivity contribution in [3.8, 4) is 5.75 Å². The Balaban J connectivity index is 1.24. The Kier molecular flexibility index (Phi) is 9.63. The first-order chi connectivity index (χ1) is 24.7. The van der Waals surface area contributed by atoms with Crippen LogP contribution >= 0.6 is 11.6 Å². The van der Waals surface area contributed by atoms with E-state index in [0.29, 0.717) is 32.8 Å². The molecule has 1 amide bonds. The molecule has 0 aliphatic carbocycles. The Morgan fingerprint density at radius 1 is 0.788 bits per heavy atom. The standard InChI is InChI=1S/C35H38ClN4O9S3/c1-48-30-11-10-29(36)28-23-49-35(41)40(34(28)30,26-15-20-39(21-16-26)52(46,47)33-8-4-3-7-32(33)50(2,42)43)25-13-18-38(19-14-25)51(44,45)31-9-5-6-24-22-37-17-12-27(24)31/h3-12,17,22,25-26H,13-16,18-21,23H2,1-2H3/q+1. The number of ether oxygens (including phenoxy) is 2. The number of carbonyl (C=O) groups excluding carboxylic acids is 1. The molecule has 3 aliphatic heterocycles. The third kappa shape index (κ3) is 5.97. The van der Waals surface area contributed by atoms with Crippen LogP contribution in [0.25, 0.3) is 10.8 Å². The van der Waals surface area contributed by atoms with Crippen molar-refractivity contribution in [1.82, 2.24) is 18.1 Å². The summed E-state index contributed by atoms with van der Waals surface area (Å²) in [4.78, 5) is 18.2. The summed E-state index contributed by atoms with van der Waals surface area (Å²) in [6.07, 6.45) is 4.61. The van der Waals surface area contributed by atoms with Gasteiger partial charge in [0.2, 0.25) is 20.0 Å². The van der Waals surface area contributed by atoms with Gasteiger partial charge in [0, 0.05) is 81.3 Å². The number of pyridine rings is 1. The van der Waals surface area contributed by atoms with Crippen molar-refractivity contribution in [3.63, 3.8) is 0 Å². The maximum absolute atomic E-state index is 14.5. The number of methoxy groups -OCH3 is 1. The number of piperidine rings is 2. The summed E-state index contributed by atoms with van der Waals surface area (Å²) in [5.41, 5.74) is 1.12. The third-order valence-corrected chi connectivity index (χ3v) is 16.1. The Hall–Kier alpha value is -3.64. The molecule has 1 aromatic heterocycles. The highest BCUT2D eigenvalue weighted by atomic mass is 35.5. The van der Waals surface area contributed by atoms with E-state index in [4.69, 9.17) is 21.1 Å². The zero-order valence-corrected chi connectivity index (χ0v) is 31.7. The summed E-state index contributed by atoms with van der Waals surface area (Å²) in [5.74, 6) is 0.424. The molecule has 0 saturated carbocycles. The molecule has 0 N–H and O–H groups in total. The van der Waals surface area contributed by atoms with E-state index in [1.807, 2.05) is 0 Å². The lowest BCUT2D eigenvalue weighted by molar-refractivity contribution is 0.0257. The summed E-state index contributed by atoms with van der Waals surface area (Å²) >= 11 is 6.74. The fourth-order valence-corrected chi connectivity index (χ4v) is 13.1. The topological polar surface area (TPSA) is 157 Å². The summed E-state index contributed by atoms with van der Waals surface area (Å²) in [7, 11) is -10.5. The van der Waals surface area contributed by atoms with Gasteiger partial charge in [-0.25, -0.2) is 25.3 Å². The molecule has 7 rings (SSSR count). The molecule has 52 heavy (non-hydrogen) atoms. The zero-order chi connectivity index (χ0) is 37.1. The number of carbonyl (C=O) groups is 1. The summed E-state index contributed by atoms with van der Waals surface area (Å²) in [5, 5.41) is 1.65. The van der Waals surface area contributed by atoms with Gasteiger partial charge in [-0.05, 0) is 36.4 Å². The number of sulfonamides is 2. The number of amides is 1. The summed E-state index contributed by atoms with van der Waals surface area (Å²) in [6, 6.07) is 14.7. The van der Waals surface area contributed by atoms with Crippen LogP contribution < -0.4 is 9.22 Å². The molecule has 0 radical (unpaired) electrons. The van der Waals surface area contributed by atoms with Crippen molar-refractivity contribution in [1.29, 1.82) is 0 Å². The van der Waals surface area contributed by atoms with Crippen molar-refractivity contribution >= 4 is 64.0 Å². The van der Waals surface area contributed by atoms with Gasteiger partial charge in [0.05, 0.1) is 27.5 Å². The van der Waals surface area contributed by atoms with Gasteiger partial charge < -0.3 is 9.47 Å². The number of fused-ring (bicyclic) bond motifs is 2. The Labute approximate surface area is 308 Å². The smallest absolute Gasteiger partial charge is 0.491 e. The van der Waals surface area contributed by atoms with E-state index >= 15 is 0 Å². The van der Waals surface area contributed by atoms with E-state index < -0.39 is 48.1 Å². The number of hydrogen-bond donors (Lipinski definition) is 0. The van der Waals surface area contributed by atoms with Crippen molar-refractivity contribution in [2.75, 3.05) is 39.5 Å². The van der Waals surface area contributed by atoms with Crippen molar-refractivity contribution in [3.05, 3.63) is 83.6 Å². The lowest BCUT2D eigenvalue weighted by Gasteiger charge is -2.51. The molecule has 2 fully saturated rings. The van der Waals surface area contributed by atoms with Gasteiger partial charge in [-0.2, -0.15) is 17.9 Å². The predicted molar refractivity (Wildman–Crippen MR) is 195 cm³/mol. The van der Waals surface area contributed by atoms with Gasteiger partial charge in [-0.1, -0.05) is 35.9 Å². The van der Waals surface area contributed by atoms with Crippen LogP contribution in [0, 0.1) is 0 Å².